The molecule has 1 aliphatic rings. The zero-order valence-corrected chi connectivity index (χ0v) is 31.4. The van der Waals surface area contributed by atoms with Crippen molar-refractivity contribution in [3.05, 3.63) is 63.4 Å². The summed E-state index contributed by atoms with van der Waals surface area (Å²) in [6.07, 6.45) is -4.56. The molecule has 0 aliphatic carbocycles. The van der Waals surface area contributed by atoms with Crippen molar-refractivity contribution in [1.29, 1.82) is 0 Å². The monoisotopic (exact) mass is 839 g/mol. The Hall–Kier alpha value is -3.72. The van der Waals surface area contributed by atoms with Gasteiger partial charge in [0.05, 0.1) is 35.1 Å². The summed E-state index contributed by atoms with van der Waals surface area (Å²) >= 11 is 4.24. The molecule has 4 rings (SSSR count). The Morgan fingerprint density at radius 3 is 2.33 bits per heavy atom. The van der Waals surface area contributed by atoms with Crippen LogP contribution in [0.5, 0.6) is 5.75 Å². The van der Waals surface area contributed by atoms with Crippen LogP contribution in [0.2, 0.25) is 0 Å². The predicted molar refractivity (Wildman–Crippen MR) is 187 cm³/mol. The van der Waals surface area contributed by atoms with Gasteiger partial charge in [0.2, 0.25) is 20.0 Å². The van der Waals surface area contributed by atoms with Gasteiger partial charge in [-0.3, -0.25) is 9.52 Å². The highest BCUT2D eigenvalue weighted by Crippen LogP contribution is 2.47. The van der Waals surface area contributed by atoms with E-state index in [1.165, 1.54) is 42.5 Å². The SMILES string of the molecule is CCOC(=O)COc1c(C(=O)OC)sc(-c2cccc(N(C(=O)C(F)(F)F)C3CCN(S(=O)(=O)Cc4cccc(NS(C)(=O)=O)c4)CC3)c2)c1Br. The number of hydrogen-bond donors (Lipinski definition) is 1. The van der Waals surface area contributed by atoms with E-state index in [9.17, 15) is 44.4 Å². The molecule has 0 atom stereocenters. The number of anilines is 2. The molecule has 1 N–H and O–H groups in total. The maximum absolute atomic E-state index is 14.0. The van der Waals surface area contributed by atoms with Crippen molar-refractivity contribution in [2.45, 2.75) is 37.7 Å². The van der Waals surface area contributed by atoms with E-state index in [4.69, 9.17) is 14.2 Å². The van der Waals surface area contributed by atoms with Gasteiger partial charge in [0.1, 0.15) is 0 Å². The van der Waals surface area contributed by atoms with Crippen LogP contribution in [0.25, 0.3) is 10.4 Å². The minimum atomic E-state index is -5.26. The standard InChI is InChI=1S/C31H33BrF3N3O10S3/c1-4-47-24(39)17-48-26-25(32)27(49-28(26)29(40)46-2)20-8-6-10-23(16-20)38(30(41)31(33,34)35)22-11-13-37(14-12-22)51(44,45)18-19-7-5-9-21(15-19)36-50(3,42)43/h5-10,15-16,22,36H,4,11-14,17-18H2,1-3H3. The number of carbonyl (C=O) groups is 3. The van der Waals surface area contributed by atoms with Crippen LogP contribution in [-0.2, 0) is 44.9 Å². The lowest BCUT2D eigenvalue weighted by atomic mass is 10.0. The third-order valence-corrected chi connectivity index (χ3v) is 12.1. The topological polar surface area (TPSA) is 166 Å². The summed E-state index contributed by atoms with van der Waals surface area (Å²) in [7, 11) is -6.45. The average molecular weight is 841 g/mol. The summed E-state index contributed by atoms with van der Waals surface area (Å²) in [5, 5.41) is 0. The van der Waals surface area contributed by atoms with Crippen molar-refractivity contribution >= 4 is 76.5 Å². The molecule has 51 heavy (non-hydrogen) atoms. The molecule has 0 spiro atoms. The molecule has 0 saturated carbocycles. The van der Waals surface area contributed by atoms with Crippen LogP contribution in [0.3, 0.4) is 0 Å². The number of hydrogen-bond acceptors (Lipinski definition) is 11. The van der Waals surface area contributed by atoms with Gasteiger partial charge in [-0.15, -0.1) is 11.3 Å². The number of carbonyl (C=O) groups excluding carboxylic acids is 3. The normalized spacial score (nSPS) is 14.5. The molecule has 1 amide bonds. The number of ether oxygens (including phenoxy) is 3. The van der Waals surface area contributed by atoms with E-state index < -0.39 is 62.5 Å². The molecule has 2 aromatic carbocycles. The van der Waals surface area contributed by atoms with Gasteiger partial charge in [-0.1, -0.05) is 24.3 Å². The number of sulfonamides is 2. The Morgan fingerprint density at radius 1 is 1.06 bits per heavy atom. The first-order valence-electron chi connectivity index (χ1n) is 15.1. The summed E-state index contributed by atoms with van der Waals surface area (Å²) in [5.74, 6) is -4.17. The number of rotatable bonds is 13. The Bertz CT molecular complexity index is 2000. The van der Waals surface area contributed by atoms with Crippen LogP contribution in [0, 0.1) is 0 Å². The van der Waals surface area contributed by atoms with Crippen LogP contribution in [0.4, 0.5) is 24.5 Å². The lowest BCUT2D eigenvalue weighted by Crippen LogP contribution is -2.52. The smallest absolute Gasteiger partial charge is 0.471 e. The first-order valence-corrected chi connectivity index (χ1v) is 20.2. The van der Waals surface area contributed by atoms with Crippen molar-refractivity contribution in [1.82, 2.24) is 4.31 Å². The van der Waals surface area contributed by atoms with Crippen LogP contribution in [0.15, 0.2) is 53.0 Å². The first kappa shape index (κ1) is 40.1. The Morgan fingerprint density at radius 2 is 1.73 bits per heavy atom. The zero-order chi connectivity index (χ0) is 37.7. The molecule has 278 valence electrons. The Labute approximate surface area is 304 Å². The number of piperidine rings is 1. The van der Waals surface area contributed by atoms with Crippen LogP contribution in [-0.4, -0.2) is 90.9 Å². The fourth-order valence-electron chi connectivity index (χ4n) is 5.32. The third-order valence-electron chi connectivity index (χ3n) is 7.43. The van der Waals surface area contributed by atoms with E-state index in [1.807, 2.05) is 0 Å². The fraction of sp³-hybridized carbons (Fsp3) is 0.387. The van der Waals surface area contributed by atoms with Gasteiger partial charge < -0.3 is 19.1 Å². The Kier molecular flexibility index (Phi) is 12.8. The van der Waals surface area contributed by atoms with Crippen LogP contribution in [0.1, 0.15) is 35.0 Å². The molecule has 0 bridgehead atoms. The molecular formula is C31H33BrF3N3O10S3. The van der Waals surface area contributed by atoms with Gasteiger partial charge in [-0.2, -0.15) is 13.2 Å². The first-order chi connectivity index (χ1) is 23.8. The molecule has 3 aromatic rings. The van der Waals surface area contributed by atoms with Crippen LogP contribution < -0.4 is 14.4 Å². The third kappa shape index (κ3) is 10.2. The second-order valence-electron chi connectivity index (χ2n) is 11.2. The Balaban J connectivity index is 1.60. The summed E-state index contributed by atoms with van der Waals surface area (Å²) in [4.78, 5) is 38.3. The van der Waals surface area contributed by atoms with E-state index in [-0.39, 0.29) is 59.0 Å². The number of nitrogens with one attached hydrogen (secondary N) is 1. The molecule has 0 unspecified atom stereocenters. The molecule has 1 aliphatic heterocycles. The minimum absolute atomic E-state index is 0.0377. The second-order valence-corrected chi connectivity index (χ2v) is 16.7. The van der Waals surface area contributed by atoms with Crippen molar-refractivity contribution in [3.8, 4) is 16.2 Å². The maximum Gasteiger partial charge on any atom is 0.471 e. The number of esters is 2. The number of benzene rings is 2. The number of nitrogens with zero attached hydrogens (tertiary/aromatic N) is 2. The molecule has 1 aromatic heterocycles. The van der Waals surface area contributed by atoms with Gasteiger partial charge in [0.15, 0.2) is 17.2 Å². The van der Waals surface area contributed by atoms with E-state index in [0.717, 1.165) is 29.0 Å². The number of thiophene rings is 1. The highest BCUT2D eigenvalue weighted by Gasteiger charge is 2.46. The van der Waals surface area contributed by atoms with Gasteiger partial charge in [0, 0.05) is 30.5 Å². The van der Waals surface area contributed by atoms with E-state index in [1.54, 1.807) is 13.0 Å². The molecule has 20 heteroatoms. The van der Waals surface area contributed by atoms with Gasteiger partial charge in [0.25, 0.3) is 0 Å². The summed E-state index contributed by atoms with van der Waals surface area (Å²) in [5.41, 5.74) is 0.637. The number of amides is 1. The summed E-state index contributed by atoms with van der Waals surface area (Å²) < 4.78 is 111. The van der Waals surface area contributed by atoms with E-state index >= 15 is 0 Å². The largest absolute Gasteiger partial charge is 0.479 e. The molecule has 1 saturated heterocycles. The minimum Gasteiger partial charge on any atom is -0.479 e. The van der Waals surface area contributed by atoms with Gasteiger partial charge >= 0.3 is 24.0 Å². The van der Waals surface area contributed by atoms with E-state index in [2.05, 4.69) is 20.7 Å². The van der Waals surface area contributed by atoms with Crippen LogP contribution >= 0.6 is 27.3 Å². The predicted octanol–water partition coefficient (Wildman–Crippen LogP) is 5.17. The van der Waals surface area contributed by atoms with Crippen molar-refractivity contribution in [2.24, 2.45) is 0 Å². The number of alkyl halides is 3. The molecular weight excluding hydrogens is 807 g/mol. The van der Waals surface area contributed by atoms with Crippen molar-refractivity contribution in [2.75, 3.05) is 49.3 Å². The summed E-state index contributed by atoms with van der Waals surface area (Å²) in [6.45, 7) is 0.790. The highest BCUT2D eigenvalue weighted by atomic mass is 79.9. The lowest BCUT2D eigenvalue weighted by molar-refractivity contribution is -0.171. The molecule has 0 radical (unpaired) electrons. The zero-order valence-electron chi connectivity index (χ0n) is 27.4. The fourth-order valence-corrected chi connectivity index (χ4v) is 9.39. The molecule has 2 heterocycles. The molecule has 13 nitrogen and oxygen atoms in total. The number of methoxy groups -OCH3 is 1. The quantitative estimate of drug-likeness (QED) is 0.227. The highest BCUT2D eigenvalue weighted by molar-refractivity contribution is 9.10. The second kappa shape index (κ2) is 16.3. The van der Waals surface area contributed by atoms with Gasteiger partial charge in [-0.25, -0.2) is 30.7 Å². The molecule has 1 fully saturated rings. The maximum atomic E-state index is 14.0. The number of halogens is 4. The summed E-state index contributed by atoms with van der Waals surface area (Å²) in [6, 6.07) is 10.4. The van der Waals surface area contributed by atoms with Gasteiger partial charge in [-0.05, 0) is 71.1 Å². The van der Waals surface area contributed by atoms with E-state index in [0.29, 0.717) is 20.9 Å². The van der Waals surface area contributed by atoms with Crippen molar-refractivity contribution < 1.29 is 58.6 Å². The lowest BCUT2D eigenvalue weighted by Gasteiger charge is -2.38. The van der Waals surface area contributed by atoms with Crippen molar-refractivity contribution in [3.63, 3.8) is 0 Å². The average Bonchev–Trinajstić information content (AvgIpc) is 3.38.